The van der Waals surface area contributed by atoms with Gasteiger partial charge in [0, 0.05) is 17.1 Å². The number of aromatic nitrogens is 3. The van der Waals surface area contributed by atoms with E-state index in [0.29, 0.717) is 23.2 Å². The minimum Gasteiger partial charge on any atom is -0.353 e. The zero-order valence-corrected chi connectivity index (χ0v) is 16.4. The maximum atomic E-state index is 12.3. The summed E-state index contributed by atoms with van der Waals surface area (Å²) in [6, 6.07) is 8.06. The molecule has 2 saturated carbocycles. The van der Waals surface area contributed by atoms with Crippen LogP contribution in [0, 0.1) is 0 Å². The molecule has 2 aliphatic carbocycles. The van der Waals surface area contributed by atoms with E-state index in [4.69, 9.17) is 11.6 Å². The van der Waals surface area contributed by atoms with Gasteiger partial charge in [-0.3, -0.25) is 9.59 Å². The first-order valence-corrected chi connectivity index (χ1v) is 10.2. The van der Waals surface area contributed by atoms with Crippen LogP contribution < -0.4 is 10.6 Å². The van der Waals surface area contributed by atoms with Crippen molar-refractivity contribution in [3.8, 4) is 0 Å². The molecule has 2 fully saturated rings. The van der Waals surface area contributed by atoms with Gasteiger partial charge in [0.2, 0.25) is 5.91 Å². The van der Waals surface area contributed by atoms with Crippen molar-refractivity contribution in [1.29, 1.82) is 0 Å². The van der Waals surface area contributed by atoms with Gasteiger partial charge in [-0.2, -0.15) is 0 Å². The number of halogens is 1. The molecule has 1 heterocycles. The third kappa shape index (κ3) is 4.90. The number of amides is 2. The third-order valence-electron chi connectivity index (χ3n) is 5.37. The van der Waals surface area contributed by atoms with E-state index in [9.17, 15) is 9.59 Å². The topological polar surface area (TPSA) is 88.9 Å². The van der Waals surface area contributed by atoms with Gasteiger partial charge >= 0.3 is 0 Å². The van der Waals surface area contributed by atoms with Crippen LogP contribution in [0.25, 0.3) is 0 Å². The first-order chi connectivity index (χ1) is 13.6. The van der Waals surface area contributed by atoms with Crippen LogP contribution in [0.3, 0.4) is 0 Å². The summed E-state index contributed by atoms with van der Waals surface area (Å²) >= 11 is 5.88. The highest BCUT2D eigenvalue weighted by molar-refractivity contribution is 6.30. The third-order valence-corrected chi connectivity index (χ3v) is 5.62. The second kappa shape index (κ2) is 8.31. The molecule has 2 amide bonds. The van der Waals surface area contributed by atoms with E-state index in [0.717, 1.165) is 44.1 Å². The Bertz CT molecular complexity index is 839. The van der Waals surface area contributed by atoms with Crippen LogP contribution in [0.5, 0.6) is 0 Å². The van der Waals surface area contributed by atoms with Crippen LogP contribution >= 0.6 is 11.6 Å². The van der Waals surface area contributed by atoms with Crippen molar-refractivity contribution in [2.45, 2.75) is 63.1 Å². The molecule has 148 valence electrons. The maximum Gasteiger partial charge on any atom is 0.273 e. The van der Waals surface area contributed by atoms with E-state index in [-0.39, 0.29) is 23.9 Å². The molecule has 2 N–H and O–H groups in total. The summed E-state index contributed by atoms with van der Waals surface area (Å²) in [6.45, 7) is 0. The minimum absolute atomic E-state index is 0.0329. The van der Waals surface area contributed by atoms with Crippen LogP contribution in [0.1, 0.15) is 60.6 Å². The summed E-state index contributed by atoms with van der Waals surface area (Å²) in [5.41, 5.74) is 1.33. The fraction of sp³-hybridized carbons (Fsp3) is 0.500. The van der Waals surface area contributed by atoms with Gasteiger partial charge in [0.05, 0.1) is 18.7 Å². The molecule has 0 spiro atoms. The van der Waals surface area contributed by atoms with Crippen molar-refractivity contribution in [1.82, 2.24) is 25.6 Å². The highest BCUT2D eigenvalue weighted by atomic mass is 35.5. The molecule has 0 saturated heterocycles. The lowest BCUT2D eigenvalue weighted by molar-refractivity contribution is -0.121. The lowest BCUT2D eigenvalue weighted by Gasteiger charge is -2.29. The molecule has 0 radical (unpaired) electrons. The first-order valence-electron chi connectivity index (χ1n) is 9.83. The van der Waals surface area contributed by atoms with Crippen molar-refractivity contribution in [3.05, 3.63) is 46.7 Å². The summed E-state index contributed by atoms with van der Waals surface area (Å²) < 4.78 is 1.80. The van der Waals surface area contributed by atoms with E-state index >= 15 is 0 Å². The zero-order chi connectivity index (χ0) is 19.5. The Balaban J connectivity index is 1.24. The molecule has 4 rings (SSSR count). The number of carbonyl (C=O) groups excluding carboxylic acids is 2. The standard InChI is InChI=1S/C20H24ClN5O2/c21-14-3-1-13(2-4-14)11-19(27)22-15-7-9-17(10-8-15)26-12-18(24-25-26)20(28)23-16-5-6-16/h1-4,12,15-17H,5-11H2,(H,22,27)(H,23,28). The summed E-state index contributed by atoms with van der Waals surface area (Å²) in [5.74, 6) is -0.109. The second-order valence-electron chi connectivity index (χ2n) is 7.71. The van der Waals surface area contributed by atoms with Crippen LogP contribution in [0.2, 0.25) is 5.02 Å². The number of hydrogen-bond donors (Lipinski definition) is 2. The van der Waals surface area contributed by atoms with Crippen molar-refractivity contribution in [2.75, 3.05) is 0 Å². The molecule has 0 unspecified atom stereocenters. The average Bonchev–Trinajstić information content (AvgIpc) is 3.36. The Labute approximate surface area is 168 Å². The van der Waals surface area contributed by atoms with Crippen molar-refractivity contribution < 1.29 is 9.59 Å². The molecule has 1 aromatic carbocycles. The zero-order valence-electron chi connectivity index (χ0n) is 15.6. The first kappa shape index (κ1) is 18.9. The normalized spacial score (nSPS) is 21.9. The Morgan fingerprint density at radius 3 is 2.32 bits per heavy atom. The van der Waals surface area contributed by atoms with Gasteiger partial charge < -0.3 is 10.6 Å². The summed E-state index contributed by atoms with van der Waals surface area (Å²) in [7, 11) is 0. The summed E-state index contributed by atoms with van der Waals surface area (Å²) in [6.07, 6.45) is 7.78. The van der Waals surface area contributed by atoms with E-state index in [2.05, 4.69) is 20.9 Å². The molecule has 1 aromatic heterocycles. The van der Waals surface area contributed by atoms with E-state index in [1.165, 1.54) is 0 Å². The van der Waals surface area contributed by atoms with Gasteiger partial charge in [0.15, 0.2) is 5.69 Å². The van der Waals surface area contributed by atoms with Crippen molar-refractivity contribution >= 4 is 23.4 Å². The number of nitrogens with zero attached hydrogens (tertiary/aromatic N) is 3. The highest BCUT2D eigenvalue weighted by Crippen LogP contribution is 2.28. The lowest BCUT2D eigenvalue weighted by Crippen LogP contribution is -2.38. The summed E-state index contributed by atoms with van der Waals surface area (Å²) in [4.78, 5) is 24.3. The fourth-order valence-electron chi connectivity index (χ4n) is 3.60. The SMILES string of the molecule is O=C(Cc1ccc(Cl)cc1)NC1CCC(n2cc(C(=O)NC3CC3)nn2)CC1. The van der Waals surface area contributed by atoms with E-state index in [1.54, 1.807) is 23.0 Å². The van der Waals surface area contributed by atoms with Gasteiger partial charge in [0.1, 0.15) is 0 Å². The van der Waals surface area contributed by atoms with Crippen LogP contribution in [0.15, 0.2) is 30.5 Å². The molecular weight excluding hydrogens is 378 g/mol. The number of rotatable bonds is 6. The lowest BCUT2D eigenvalue weighted by atomic mass is 9.91. The molecule has 0 aliphatic heterocycles. The second-order valence-corrected chi connectivity index (χ2v) is 8.14. The number of nitrogens with one attached hydrogen (secondary N) is 2. The Morgan fingerprint density at radius 1 is 1.00 bits per heavy atom. The van der Waals surface area contributed by atoms with Gasteiger partial charge in [-0.25, -0.2) is 4.68 Å². The molecule has 0 bridgehead atoms. The Hall–Kier alpha value is -2.41. The smallest absolute Gasteiger partial charge is 0.273 e. The average molecular weight is 402 g/mol. The predicted octanol–water partition coefficient (Wildman–Crippen LogP) is 2.67. The monoisotopic (exact) mass is 401 g/mol. The number of hydrogen-bond acceptors (Lipinski definition) is 4. The molecule has 2 aliphatic rings. The number of carbonyl (C=O) groups is 2. The molecular formula is C20H24ClN5O2. The molecule has 8 heteroatoms. The van der Waals surface area contributed by atoms with Gasteiger partial charge in [-0.1, -0.05) is 28.9 Å². The van der Waals surface area contributed by atoms with Gasteiger partial charge in [-0.15, -0.1) is 5.10 Å². The maximum absolute atomic E-state index is 12.3. The van der Waals surface area contributed by atoms with Gasteiger partial charge in [0.25, 0.3) is 5.91 Å². The number of benzene rings is 1. The van der Waals surface area contributed by atoms with Crippen molar-refractivity contribution in [3.63, 3.8) is 0 Å². The highest BCUT2D eigenvalue weighted by Gasteiger charge is 2.27. The van der Waals surface area contributed by atoms with Crippen molar-refractivity contribution in [2.24, 2.45) is 0 Å². The molecule has 0 atom stereocenters. The molecule has 7 nitrogen and oxygen atoms in total. The molecule has 28 heavy (non-hydrogen) atoms. The quantitative estimate of drug-likeness (QED) is 0.778. The summed E-state index contributed by atoms with van der Waals surface area (Å²) in [5, 5.41) is 14.9. The van der Waals surface area contributed by atoms with Crippen LogP contribution in [-0.2, 0) is 11.2 Å². The van der Waals surface area contributed by atoms with Crippen LogP contribution in [-0.4, -0.2) is 38.9 Å². The minimum atomic E-state index is -0.142. The Morgan fingerprint density at radius 2 is 1.64 bits per heavy atom. The van der Waals surface area contributed by atoms with Gasteiger partial charge in [-0.05, 0) is 56.2 Å². The molecule has 2 aromatic rings. The van der Waals surface area contributed by atoms with Crippen LogP contribution in [0.4, 0.5) is 0 Å². The predicted molar refractivity (Wildman–Crippen MR) is 105 cm³/mol. The largest absolute Gasteiger partial charge is 0.353 e. The van der Waals surface area contributed by atoms with E-state index < -0.39 is 0 Å². The Kier molecular flexibility index (Phi) is 5.62. The van der Waals surface area contributed by atoms with E-state index in [1.807, 2.05) is 12.1 Å². The fourth-order valence-corrected chi connectivity index (χ4v) is 3.72.